The summed E-state index contributed by atoms with van der Waals surface area (Å²) < 4.78 is 11.8. The van der Waals surface area contributed by atoms with Crippen molar-refractivity contribution < 1.29 is 14.4 Å². The number of nitro groups is 1. The van der Waals surface area contributed by atoms with E-state index in [-0.39, 0.29) is 5.69 Å². The van der Waals surface area contributed by atoms with Crippen molar-refractivity contribution in [2.75, 3.05) is 7.11 Å². The molecule has 0 N–H and O–H groups in total. The van der Waals surface area contributed by atoms with E-state index in [2.05, 4.69) is 31.9 Å². The van der Waals surface area contributed by atoms with Crippen LogP contribution in [0.4, 0.5) is 5.69 Å². The van der Waals surface area contributed by atoms with Crippen LogP contribution in [0.15, 0.2) is 45.3 Å². The molecule has 2 rings (SSSR count). The lowest BCUT2D eigenvalue weighted by molar-refractivity contribution is -0.385. The predicted octanol–water partition coefficient (Wildman–Crippen LogP) is 4.92. The number of hydrogen-bond acceptors (Lipinski definition) is 4. The van der Waals surface area contributed by atoms with Crippen LogP contribution in [0, 0.1) is 10.1 Å². The summed E-state index contributed by atoms with van der Waals surface area (Å²) in [6, 6.07) is 9.82. The van der Waals surface area contributed by atoms with Crippen molar-refractivity contribution >= 4 is 37.5 Å². The SMILES string of the molecule is COc1ccc(Oc2c(Br)cc([N+](=O)[O-])cc2Br)cc1. The summed E-state index contributed by atoms with van der Waals surface area (Å²) in [5.41, 5.74) is -0.0224. The maximum Gasteiger partial charge on any atom is 0.271 e. The Morgan fingerprint density at radius 2 is 1.55 bits per heavy atom. The van der Waals surface area contributed by atoms with E-state index in [1.807, 2.05) is 0 Å². The molecule has 0 saturated heterocycles. The quantitative estimate of drug-likeness (QED) is 0.537. The Hall–Kier alpha value is -1.60. The van der Waals surface area contributed by atoms with Gasteiger partial charge in [0.25, 0.3) is 5.69 Å². The number of nitrogens with zero attached hydrogens (tertiary/aromatic N) is 1. The van der Waals surface area contributed by atoms with Gasteiger partial charge in [0.1, 0.15) is 11.5 Å². The molecule has 5 nitrogen and oxygen atoms in total. The third-order valence-electron chi connectivity index (χ3n) is 2.47. The normalized spacial score (nSPS) is 10.2. The number of rotatable bonds is 4. The van der Waals surface area contributed by atoms with E-state index in [1.165, 1.54) is 12.1 Å². The number of non-ortho nitro benzene ring substituents is 1. The summed E-state index contributed by atoms with van der Waals surface area (Å²) in [5, 5.41) is 10.8. The van der Waals surface area contributed by atoms with E-state index >= 15 is 0 Å². The zero-order chi connectivity index (χ0) is 14.7. The molecule has 2 aromatic carbocycles. The molecule has 0 spiro atoms. The van der Waals surface area contributed by atoms with Crippen molar-refractivity contribution in [3.63, 3.8) is 0 Å². The third-order valence-corrected chi connectivity index (χ3v) is 3.65. The molecule has 0 radical (unpaired) electrons. The van der Waals surface area contributed by atoms with Gasteiger partial charge in [-0.25, -0.2) is 0 Å². The molecule has 0 amide bonds. The van der Waals surface area contributed by atoms with Gasteiger partial charge in [-0.15, -0.1) is 0 Å². The standard InChI is InChI=1S/C13H9Br2NO4/c1-19-9-2-4-10(5-3-9)20-13-11(14)6-8(16(17)18)7-12(13)15/h2-7H,1H3. The number of methoxy groups -OCH3 is 1. The maximum atomic E-state index is 10.8. The molecule has 0 saturated carbocycles. The van der Waals surface area contributed by atoms with Crippen molar-refractivity contribution in [1.82, 2.24) is 0 Å². The van der Waals surface area contributed by atoms with Crippen molar-refractivity contribution in [1.29, 1.82) is 0 Å². The largest absolute Gasteiger partial charge is 0.497 e. The van der Waals surface area contributed by atoms with E-state index in [0.717, 1.165) is 5.75 Å². The smallest absolute Gasteiger partial charge is 0.271 e. The van der Waals surface area contributed by atoms with Crippen molar-refractivity contribution in [2.45, 2.75) is 0 Å². The minimum atomic E-state index is -0.466. The highest BCUT2D eigenvalue weighted by Gasteiger charge is 2.15. The fourth-order valence-corrected chi connectivity index (χ4v) is 2.84. The summed E-state index contributed by atoms with van der Waals surface area (Å²) >= 11 is 6.54. The molecule has 0 unspecified atom stereocenters. The highest BCUT2D eigenvalue weighted by molar-refractivity contribution is 9.11. The molecule has 0 atom stereocenters. The Kier molecular flexibility index (Phi) is 4.61. The van der Waals surface area contributed by atoms with Gasteiger partial charge in [0, 0.05) is 12.1 Å². The lowest BCUT2D eigenvalue weighted by atomic mass is 10.3. The van der Waals surface area contributed by atoms with Crippen molar-refractivity contribution in [3.8, 4) is 17.2 Å². The van der Waals surface area contributed by atoms with Gasteiger partial charge in [0.15, 0.2) is 5.75 Å². The van der Waals surface area contributed by atoms with Crippen LogP contribution >= 0.6 is 31.9 Å². The topological polar surface area (TPSA) is 61.6 Å². The molecule has 0 aliphatic rings. The van der Waals surface area contributed by atoms with E-state index in [4.69, 9.17) is 9.47 Å². The first-order valence-corrected chi connectivity index (χ1v) is 7.05. The zero-order valence-corrected chi connectivity index (χ0v) is 13.5. The molecular weight excluding hydrogens is 394 g/mol. The number of halogens is 2. The summed E-state index contributed by atoms with van der Waals surface area (Å²) in [4.78, 5) is 10.3. The van der Waals surface area contributed by atoms with Gasteiger partial charge in [-0.1, -0.05) is 0 Å². The first kappa shape index (κ1) is 14.8. The highest BCUT2D eigenvalue weighted by Crippen LogP contribution is 2.39. The van der Waals surface area contributed by atoms with E-state index in [1.54, 1.807) is 31.4 Å². The van der Waals surface area contributed by atoms with Crippen LogP contribution in [-0.2, 0) is 0 Å². The third kappa shape index (κ3) is 3.29. The monoisotopic (exact) mass is 401 g/mol. The Balaban J connectivity index is 2.30. The van der Waals surface area contributed by atoms with Crippen LogP contribution in [0.2, 0.25) is 0 Å². The first-order valence-electron chi connectivity index (χ1n) is 5.46. The van der Waals surface area contributed by atoms with Gasteiger partial charge in [-0.2, -0.15) is 0 Å². The Bertz CT molecular complexity index is 620. The minimum Gasteiger partial charge on any atom is -0.497 e. The summed E-state index contributed by atoms with van der Waals surface area (Å²) in [5.74, 6) is 1.79. The van der Waals surface area contributed by atoms with Gasteiger partial charge in [0.05, 0.1) is 21.0 Å². The minimum absolute atomic E-state index is 0.0224. The molecule has 0 heterocycles. The molecule has 0 fully saturated rings. The Morgan fingerprint density at radius 3 is 2.00 bits per heavy atom. The van der Waals surface area contributed by atoms with Gasteiger partial charge in [-0.3, -0.25) is 10.1 Å². The average Bonchev–Trinajstić information content (AvgIpc) is 2.43. The average molecular weight is 403 g/mol. The van der Waals surface area contributed by atoms with E-state index in [9.17, 15) is 10.1 Å². The highest BCUT2D eigenvalue weighted by atomic mass is 79.9. The summed E-state index contributed by atoms with van der Waals surface area (Å²) in [6.07, 6.45) is 0. The summed E-state index contributed by atoms with van der Waals surface area (Å²) in [6.45, 7) is 0. The van der Waals surface area contributed by atoms with E-state index < -0.39 is 4.92 Å². The lowest BCUT2D eigenvalue weighted by Gasteiger charge is -2.10. The zero-order valence-electron chi connectivity index (χ0n) is 10.3. The van der Waals surface area contributed by atoms with Gasteiger partial charge >= 0.3 is 0 Å². The van der Waals surface area contributed by atoms with Crippen LogP contribution in [-0.4, -0.2) is 12.0 Å². The second kappa shape index (κ2) is 6.23. The molecule has 0 aliphatic heterocycles. The second-order valence-electron chi connectivity index (χ2n) is 3.77. The van der Waals surface area contributed by atoms with Gasteiger partial charge in [-0.05, 0) is 56.1 Å². The molecule has 2 aromatic rings. The first-order chi connectivity index (χ1) is 9.51. The second-order valence-corrected chi connectivity index (χ2v) is 5.48. The number of benzene rings is 2. The fraction of sp³-hybridized carbons (Fsp3) is 0.0769. The van der Waals surface area contributed by atoms with Crippen LogP contribution in [0.25, 0.3) is 0 Å². The molecule has 104 valence electrons. The molecule has 7 heteroatoms. The van der Waals surface area contributed by atoms with Crippen LogP contribution < -0.4 is 9.47 Å². The lowest BCUT2D eigenvalue weighted by Crippen LogP contribution is -1.92. The fourth-order valence-electron chi connectivity index (χ4n) is 1.51. The number of nitro benzene ring substituents is 1. The molecule has 0 aliphatic carbocycles. The van der Waals surface area contributed by atoms with Crippen LogP contribution in [0.5, 0.6) is 17.2 Å². The van der Waals surface area contributed by atoms with Crippen molar-refractivity contribution in [3.05, 3.63) is 55.5 Å². The molecule has 0 bridgehead atoms. The summed E-state index contributed by atoms with van der Waals surface area (Å²) in [7, 11) is 1.58. The molecule has 0 aromatic heterocycles. The van der Waals surface area contributed by atoms with Gasteiger partial charge in [0.2, 0.25) is 0 Å². The number of ether oxygens (including phenoxy) is 2. The molecular formula is C13H9Br2NO4. The Morgan fingerprint density at radius 1 is 1.05 bits per heavy atom. The van der Waals surface area contributed by atoms with Gasteiger partial charge < -0.3 is 9.47 Å². The van der Waals surface area contributed by atoms with Crippen LogP contribution in [0.1, 0.15) is 0 Å². The molecule has 20 heavy (non-hydrogen) atoms. The Labute approximate surface area is 131 Å². The maximum absolute atomic E-state index is 10.8. The van der Waals surface area contributed by atoms with Crippen molar-refractivity contribution in [2.24, 2.45) is 0 Å². The van der Waals surface area contributed by atoms with Crippen LogP contribution in [0.3, 0.4) is 0 Å². The number of hydrogen-bond donors (Lipinski definition) is 0. The van der Waals surface area contributed by atoms with E-state index in [0.29, 0.717) is 20.4 Å². The predicted molar refractivity (Wildman–Crippen MR) is 81.6 cm³/mol.